The van der Waals surface area contributed by atoms with E-state index in [4.69, 9.17) is 15.2 Å². The molecule has 1 fully saturated rings. The molecule has 78 valence electrons. The zero-order chi connectivity index (χ0) is 9.52. The normalized spacial score (nSPS) is 21.7. The Hall–Kier alpha value is -0.120. The fourth-order valence-electron chi connectivity index (χ4n) is 1.56. The zero-order valence-corrected chi connectivity index (χ0v) is 8.50. The van der Waals surface area contributed by atoms with E-state index >= 15 is 0 Å². The van der Waals surface area contributed by atoms with Crippen LogP contribution in [0.2, 0.25) is 0 Å². The maximum absolute atomic E-state index is 5.85. The van der Waals surface area contributed by atoms with Gasteiger partial charge in [0.1, 0.15) is 0 Å². The van der Waals surface area contributed by atoms with Crippen molar-refractivity contribution < 1.29 is 9.47 Å². The zero-order valence-electron chi connectivity index (χ0n) is 8.50. The number of hydrogen-bond donors (Lipinski definition) is 1. The molecule has 3 heteroatoms. The molecule has 1 atom stereocenters. The van der Waals surface area contributed by atoms with Crippen molar-refractivity contribution in [3.8, 4) is 0 Å². The molecule has 2 N–H and O–H groups in total. The summed E-state index contributed by atoms with van der Waals surface area (Å²) in [6.07, 6.45) is 4.64. The standard InChI is InChI=1S/C10H21NO2/c1-2-3-9(11)8-13-10-4-6-12-7-5-10/h9-10H,2-8,11H2,1H3. The summed E-state index contributed by atoms with van der Waals surface area (Å²) in [5, 5.41) is 0. The lowest BCUT2D eigenvalue weighted by atomic mass is 10.1. The van der Waals surface area contributed by atoms with Gasteiger partial charge < -0.3 is 15.2 Å². The molecule has 1 heterocycles. The first-order valence-electron chi connectivity index (χ1n) is 5.28. The lowest BCUT2D eigenvalue weighted by Gasteiger charge is -2.23. The fourth-order valence-corrected chi connectivity index (χ4v) is 1.56. The molecule has 0 aromatic rings. The van der Waals surface area contributed by atoms with E-state index in [0.29, 0.717) is 12.7 Å². The van der Waals surface area contributed by atoms with Crippen LogP contribution in [-0.2, 0) is 9.47 Å². The Kier molecular flexibility index (Phi) is 5.35. The van der Waals surface area contributed by atoms with Crippen LogP contribution in [0.5, 0.6) is 0 Å². The van der Waals surface area contributed by atoms with Crippen LogP contribution in [0.4, 0.5) is 0 Å². The van der Waals surface area contributed by atoms with Crippen LogP contribution >= 0.6 is 0 Å². The molecule has 13 heavy (non-hydrogen) atoms. The minimum atomic E-state index is 0.216. The van der Waals surface area contributed by atoms with E-state index in [1.165, 1.54) is 0 Å². The Morgan fingerprint density at radius 1 is 1.46 bits per heavy atom. The van der Waals surface area contributed by atoms with E-state index in [-0.39, 0.29) is 6.04 Å². The number of rotatable bonds is 5. The van der Waals surface area contributed by atoms with Crippen molar-refractivity contribution in [1.29, 1.82) is 0 Å². The molecular formula is C10H21NO2. The Morgan fingerprint density at radius 2 is 2.15 bits per heavy atom. The van der Waals surface area contributed by atoms with E-state index in [2.05, 4.69) is 6.92 Å². The first-order chi connectivity index (χ1) is 6.33. The van der Waals surface area contributed by atoms with Crippen molar-refractivity contribution in [2.24, 2.45) is 5.73 Å². The smallest absolute Gasteiger partial charge is 0.0621 e. The molecule has 0 aliphatic carbocycles. The van der Waals surface area contributed by atoms with Gasteiger partial charge in [0, 0.05) is 19.3 Å². The highest BCUT2D eigenvalue weighted by Gasteiger charge is 2.14. The van der Waals surface area contributed by atoms with Crippen molar-refractivity contribution in [2.45, 2.75) is 44.8 Å². The van der Waals surface area contributed by atoms with Gasteiger partial charge in [-0.3, -0.25) is 0 Å². The first kappa shape index (κ1) is 11.0. The summed E-state index contributed by atoms with van der Waals surface area (Å²) in [5.41, 5.74) is 5.85. The largest absolute Gasteiger partial charge is 0.381 e. The summed E-state index contributed by atoms with van der Waals surface area (Å²) in [6.45, 7) is 4.54. The van der Waals surface area contributed by atoms with Crippen molar-refractivity contribution in [2.75, 3.05) is 19.8 Å². The van der Waals surface area contributed by atoms with Crippen molar-refractivity contribution >= 4 is 0 Å². The van der Waals surface area contributed by atoms with E-state index in [9.17, 15) is 0 Å². The molecule has 0 amide bonds. The molecule has 1 aliphatic heterocycles. The van der Waals surface area contributed by atoms with Gasteiger partial charge in [0.05, 0.1) is 12.7 Å². The Bertz CT molecular complexity index is 124. The summed E-state index contributed by atoms with van der Waals surface area (Å²) < 4.78 is 10.9. The van der Waals surface area contributed by atoms with Gasteiger partial charge in [-0.05, 0) is 19.3 Å². The first-order valence-corrected chi connectivity index (χ1v) is 5.28. The third kappa shape index (κ3) is 4.60. The van der Waals surface area contributed by atoms with Crippen molar-refractivity contribution in [3.63, 3.8) is 0 Å². The van der Waals surface area contributed by atoms with Crippen LogP contribution in [0.1, 0.15) is 32.6 Å². The quantitative estimate of drug-likeness (QED) is 0.705. The van der Waals surface area contributed by atoms with Gasteiger partial charge in [0.15, 0.2) is 0 Å². The van der Waals surface area contributed by atoms with Crippen LogP contribution in [0.15, 0.2) is 0 Å². The molecule has 0 bridgehead atoms. The second-order valence-electron chi connectivity index (χ2n) is 3.69. The topological polar surface area (TPSA) is 44.5 Å². The molecule has 0 spiro atoms. The minimum Gasteiger partial charge on any atom is -0.381 e. The van der Waals surface area contributed by atoms with Crippen LogP contribution in [0.3, 0.4) is 0 Å². The summed E-state index contributed by atoms with van der Waals surface area (Å²) in [7, 11) is 0. The molecule has 1 rings (SSSR count). The third-order valence-electron chi connectivity index (χ3n) is 2.37. The van der Waals surface area contributed by atoms with Gasteiger partial charge in [-0.1, -0.05) is 13.3 Å². The van der Waals surface area contributed by atoms with Crippen LogP contribution in [-0.4, -0.2) is 32.0 Å². The summed E-state index contributed by atoms with van der Waals surface area (Å²) in [6, 6.07) is 0.216. The Labute approximate surface area is 80.6 Å². The lowest BCUT2D eigenvalue weighted by molar-refractivity contribution is -0.0360. The predicted octanol–water partition coefficient (Wildman–Crippen LogP) is 1.31. The van der Waals surface area contributed by atoms with Gasteiger partial charge in [-0.25, -0.2) is 0 Å². The van der Waals surface area contributed by atoms with E-state index in [1.54, 1.807) is 0 Å². The maximum atomic E-state index is 5.85. The van der Waals surface area contributed by atoms with E-state index in [1.807, 2.05) is 0 Å². The maximum Gasteiger partial charge on any atom is 0.0621 e. The molecule has 1 unspecified atom stereocenters. The molecule has 0 radical (unpaired) electrons. The Balaban J connectivity index is 2.03. The average Bonchev–Trinajstić information content (AvgIpc) is 2.17. The van der Waals surface area contributed by atoms with Gasteiger partial charge >= 0.3 is 0 Å². The highest BCUT2D eigenvalue weighted by Crippen LogP contribution is 2.11. The SMILES string of the molecule is CCCC(N)COC1CCOCC1. The summed E-state index contributed by atoms with van der Waals surface area (Å²) in [5.74, 6) is 0. The molecule has 1 saturated heterocycles. The highest BCUT2D eigenvalue weighted by atomic mass is 16.5. The van der Waals surface area contributed by atoms with Crippen molar-refractivity contribution in [1.82, 2.24) is 0 Å². The molecular weight excluding hydrogens is 166 g/mol. The molecule has 1 aliphatic rings. The summed E-state index contributed by atoms with van der Waals surface area (Å²) >= 11 is 0. The van der Waals surface area contributed by atoms with Gasteiger partial charge in [-0.15, -0.1) is 0 Å². The van der Waals surface area contributed by atoms with Crippen LogP contribution in [0, 0.1) is 0 Å². The van der Waals surface area contributed by atoms with Gasteiger partial charge in [0.25, 0.3) is 0 Å². The second kappa shape index (κ2) is 6.35. The van der Waals surface area contributed by atoms with Gasteiger partial charge in [-0.2, -0.15) is 0 Å². The van der Waals surface area contributed by atoms with E-state index < -0.39 is 0 Å². The molecule has 3 nitrogen and oxygen atoms in total. The second-order valence-corrected chi connectivity index (χ2v) is 3.69. The van der Waals surface area contributed by atoms with Crippen LogP contribution < -0.4 is 5.73 Å². The fraction of sp³-hybridized carbons (Fsp3) is 1.00. The third-order valence-corrected chi connectivity index (χ3v) is 2.37. The average molecular weight is 187 g/mol. The number of ether oxygens (including phenoxy) is 2. The highest BCUT2D eigenvalue weighted by molar-refractivity contribution is 4.65. The number of hydrogen-bond acceptors (Lipinski definition) is 3. The molecule has 0 aromatic heterocycles. The summed E-state index contributed by atoms with van der Waals surface area (Å²) in [4.78, 5) is 0. The monoisotopic (exact) mass is 187 g/mol. The Morgan fingerprint density at radius 3 is 2.77 bits per heavy atom. The van der Waals surface area contributed by atoms with Crippen molar-refractivity contribution in [3.05, 3.63) is 0 Å². The molecule has 0 aromatic carbocycles. The number of nitrogens with two attached hydrogens (primary N) is 1. The van der Waals surface area contributed by atoms with E-state index in [0.717, 1.165) is 38.9 Å². The van der Waals surface area contributed by atoms with Gasteiger partial charge in [0.2, 0.25) is 0 Å². The van der Waals surface area contributed by atoms with Crippen LogP contribution in [0.25, 0.3) is 0 Å². The predicted molar refractivity (Wildman–Crippen MR) is 52.7 cm³/mol. The minimum absolute atomic E-state index is 0.216. The molecule has 0 saturated carbocycles. The lowest BCUT2D eigenvalue weighted by Crippen LogP contribution is -2.31.